The molecule has 0 bridgehead atoms. The monoisotopic (exact) mass is 966 g/mol. The first-order valence-electron chi connectivity index (χ1n) is 25.8. The maximum Gasteiger partial charge on any atom is 0.101 e. The summed E-state index contributed by atoms with van der Waals surface area (Å²) in [7, 11) is 0. The molecule has 0 spiro atoms. The first-order chi connectivity index (χ1) is 37.7. The van der Waals surface area contributed by atoms with Gasteiger partial charge in [0.1, 0.15) is 6.07 Å². The van der Waals surface area contributed by atoms with Crippen LogP contribution in [0, 0.1) is 11.3 Å². The Bertz CT molecular complexity index is 4510. The molecule has 11 aromatic carbocycles. The lowest BCUT2D eigenvalue weighted by atomic mass is 9.94. The highest BCUT2D eigenvalue weighted by Gasteiger charge is 2.25. The molecule has 0 aliphatic carbocycles. The Labute approximate surface area is 440 Å². The number of benzene rings is 11. The van der Waals surface area contributed by atoms with E-state index in [1.807, 2.05) is 12.1 Å². The number of nitrogens with zero attached hydrogens (tertiary/aromatic N) is 4. The van der Waals surface area contributed by atoms with Crippen molar-refractivity contribution in [2.45, 2.75) is 0 Å². The van der Waals surface area contributed by atoms with Gasteiger partial charge >= 0.3 is 0 Å². The van der Waals surface area contributed by atoms with Crippen molar-refractivity contribution in [3.05, 3.63) is 285 Å². The molecule has 76 heavy (non-hydrogen) atoms. The van der Waals surface area contributed by atoms with E-state index in [1.165, 1.54) is 0 Å². The number of nitriles is 1. The summed E-state index contributed by atoms with van der Waals surface area (Å²) in [5.41, 5.74) is 21.0. The van der Waals surface area contributed by atoms with E-state index in [2.05, 4.69) is 282 Å². The van der Waals surface area contributed by atoms with E-state index in [-0.39, 0.29) is 0 Å². The highest BCUT2D eigenvalue weighted by Crippen LogP contribution is 2.45. The topological polar surface area (TPSA) is 46.5 Å². The van der Waals surface area contributed by atoms with Crippen molar-refractivity contribution in [3.8, 4) is 95.6 Å². The molecule has 0 saturated carbocycles. The van der Waals surface area contributed by atoms with Crippen LogP contribution in [0.2, 0.25) is 0 Å². The molecule has 0 amide bonds. The molecule has 14 aromatic rings. The number of para-hydroxylation sites is 2. The first-order valence-corrected chi connectivity index (χ1v) is 25.8. The molecule has 0 fully saturated rings. The third-order valence-electron chi connectivity index (χ3n) is 15.0. The van der Waals surface area contributed by atoms with Crippen molar-refractivity contribution in [1.29, 1.82) is 5.26 Å². The van der Waals surface area contributed by atoms with Crippen LogP contribution in [0.5, 0.6) is 0 Å². The summed E-state index contributed by atoms with van der Waals surface area (Å²) in [6, 6.07) is 102. The van der Waals surface area contributed by atoms with Crippen LogP contribution in [-0.2, 0) is 0 Å². The molecule has 0 aliphatic heterocycles. The normalized spacial score (nSPS) is 11.4. The van der Waals surface area contributed by atoms with Gasteiger partial charge in [0.05, 0.1) is 50.4 Å². The van der Waals surface area contributed by atoms with Crippen LogP contribution in [-0.4, -0.2) is 14.1 Å². The highest BCUT2D eigenvalue weighted by molar-refractivity contribution is 6.13. The molecular weight excluding hydrogens is 921 g/mol. The van der Waals surface area contributed by atoms with Gasteiger partial charge in [-0.3, -0.25) is 0 Å². The molecule has 3 aromatic heterocycles. The van der Waals surface area contributed by atoms with Crippen LogP contribution in [0.3, 0.4) is 0 Å². The minimum Gasteiger partial charge on any atom is -0.307 e. The number of fused-ring (bicyclic) bond motifs is 6. The van der Waals surface area contributed by atoms with E-state index in [4.69, 9.17) is 4.98 Å². The van der Waals surface area contributed by atoms with E-state index < -0.39 is 0 Å². The van der Waals surface area contributed by atoms with Gasteiger partial charge in [-0.05, 0) is 104 Å². The molecule has 354 valence electrons. The van der Waals surface area contributed by atoms with Crippen molar-refractivity contribution >= 4 is 43.6 Å². The molecule has 4 nitrogen and oxygen atoms in total. The predicted octanol–water partition coefficient (Wildman–Crippen LogP) is 18.8. The van der Waals surface area contributed by atoms with Crippen molar-refractivity contribution in [2.24, 2.45) is 0 Å². The summed E-state index contributed by atoms with van der Waals surface area (Å²) < 4.78 is 4.76. The van der Waals surface area contributed by atoms with E-state index in [1.54, 1.807) is 0 Å². The van der Waals surface area contributed by atoms with Gasteiger partial charge < -0.3 is 9.13 Å². The van der Waals surface area contributed by atoms with E-state index >= 15 is 0 Å². The fraction of sp³-hybridized carbons (Fsp3) is 0. The Kier molecular flexibility index (Phi) is 10.9. The van der Waals surface area contributed by atoms with Gasteiger partial charge in [0.2, 0.25) is 0 Å². The molecule has 0 unspecified atom stereocenters. The van der Waals surface area contributed by atoms with Crippen LogP contribution >= 0.6 is 0 Å². The Morgan fingerprint density at radius 1 is 0.276 bits per heavy atom. The first kappa shape index (κ1) is 44.4. The standard InChI is InChI=1S/C72H46N4/c73-47-56-41-54(55-42-65(50-25-9-3-10-26-50)74-66(43-55)51-27-11-4-12-28-51)46-71(75-67-35-19-17-33-61(67)63-39-37-52(44-69(63)75)59-31-15-13-29-57(59)48-21-5-1-6-22-48)72(56)76-68-36-20-18-34-62(68)64-40-38-53(45-70(64)76)60-32-16-14-30-58(60)49-23-7-2-8-24-49/h1-46H. The predicted molar refractivity (Wildman–Crippen MR) is 316 cm³/mol. The smallest absolute Gasteiger partial charge is 0.101 e. The number of rotatable bonds is 9. The highest BCUT2D eigenvalue weighted by atomic mass is 15.1. The molecule has 4 heteroatoms. The molecule has 0 atom stereocenters. The summed E-state index contributed by atoms with van der Waals surface area (Å²) in [6.45, 7) is 0. The van der Waals surface area contributed by atoms with Gasteiger partial charge in [-0.25, -0.2) is 4.98 Å². The minimum atomic E-state index is 0.543. The average molecular weight is 967 g/mol. The van der Waals surface area contributed by atoms with Crippen LogP contribution in [0.25, 0.3) is 133 Å². The second-order valence-electron chi connectivity index (χ2n) is 19.4. The largest absolute Gasteiger partial charge is 0.307 e. The number of pyridine rings is 1. The summed E-state index contributed by atoms with van der Waals surface area (Å²) in [5.74, 6) is 0. The van der Waals surface area contributed by atoms with Gasteiger partial charge in [-0.15, -0.1) is 0 Å². The molecule has 0 radical (unpaired) electrons. The maximum atomic E-state index is 11.9. The Balaban J connectivity index is 1.10. The Hall–Kier alpha value is -10.3. The van der Waals surface area contributed by atoms with E-state index in [0.29, 0.717) is 5.56 Å². The van der Waals surface area contributed by atoms with E-state index in [9.17, 15) is 5.26 Å². The average Bonchev–Trinajstić information content (AvgIpc) is 4.14. The zero-order valence-electron chi connectivity index (χ0n) is 41.3. The molecule has 0 aliphatic rings. The molecule has 0 N–H and O–H groups in total. The summed E-state index contributed by atoms with van der Waals surface area (Å²) in [6.07, 6.45) is 0. The van der Waals surface area contributed by atoms with Crippen molar-refractivity contribution in [2.75, 3.05) is 0 Å². The molecule has 0 saturated heterocycles. The Morgan fingerprint density at radius 2 is 0.645 bits per heavy atom. The van der Waals surface area contributed by atoms with Gasteiger partial charge in [-0.2, -0.15) is 5.26 Å². The summed E-state index contributed by atoms with van der Waals surface area (Å²) in [5, 5.41) is 16.3. The van der Waals surface area contributed by atoms with Crippen molar-refractivity contribution < 1.29 is 0 Å². The summed E-state index contributed by atoms with van der Waals surface area (Å²) >= 11 is 0. The number of aromatic nitrogens is 3. The maximum absolute atomic E-state index is 11.9. The number of hydrogen-bond donors (Lipinski definition) is 0. The second kappa shape index (κ2) is 18.6. The van der Waals surface area contributed by atoms with Crippen molar-refractivity contribution in [3.63, 3.8) is 0 Å². The quantitative estimate of drug-likeness (QED) is 0.145. The lowest BCUT2D eigenvalue weighted by Gasteiger charge is -2.21. The molecule has 3 heterocycles. The zero-order valence-corrected chi connectivity index (χ0v) is 41.3. The summed E-state index contributed by atoms with van der Waals surface area (Å²) in [4.78, 5) is 5.27. The van der Waals surface area contributed by atoms with Gasteiger partial charge in [0, 0.05) is 32.7 Å². The third kappa shape index (κ3) is 7.57. The van der Waals surface area contributed by atoms with Crippen LogP contribution in [0.1, 0.15) is 5.56 Å². The van der Waals surface area contributed by atoms with Gasteiger partial charge in [-0.1, -0.05) is 231 Å². The second-order valence-corrected chi connectivity index (χ2v) is 19.4. The van der Waals surface area contributed by atoms with Gasteiger partial charge in [0.15, 0.2) is 0 Å². The third-order valence-corrected chi connectivity index (χ3v) is 15.0. The molecule has 14 rings (SSSR count). The zero-order chi connectivity index (χ0) is 50.5. The Morgan fingerprint density at radius 3 is 1.12 bits per heavy atom. The van der Waals surface area contributed by atoms with Crippen LogP contribution < -0.4 is 0 Å². The van der Waals surface area contributed by atoms with Gasteiger partial charge in [0.25, 0.3) is 0 Å². The lowest BCUT2D eigenvalue weighted by Crippen LogP contribution is -2.07. The minimum absolute atomic E-state index is 0.543. The number of hydrogen-bond acceptors (Lipinski definition) is 2. The fourth-order valence-corrected chi connectivity index (χ4v) is 11.5. The SMILES string of the molecule is N#Cc1cc(-c2cc(-c3ccccc3)nc(-c3ccccc3)c2)cc(-n2c3ccccc3c3ccc(-c4ccccc4-c4ccccc4)cc32)c1-n1c2ccccc2c2ccc(-c3ccccc3-c3ccccc3)cc21. The van der Waals surface area contributed by atoms with E-state index in [0.717, 1.165) is 133 Å². The van der Waals surface area contributed by atoms with Crippen LogP contribution in [0.4, 0.5) is 0 Å². The van der Waals surface area contributed by atoms with Crippen LogP contribution in [0.15, 0.2) is 279 Å². The van der Waals surface area contributed by atoms with Crippen molar-refractivity contribution in [1.82, 2.24) is 14.1 Å². The fourth-order valence-electron chi connectivity index (χ4n) is 11.5. The molecular formula is C72H46N4. The lowest BCUT2D eigenvalue weighted by molar-refractivity contribution is 1.09.